The zero-order chi connectivity index (χ0) is 17.6. The van der Waals surface area contributed by atoms with Gasteiger partial charge in [0.2, 0.25) is 10.0 Å². The Bertz CT molecular complexity index is 748. The van der Waals surface area contributed by atoms with Gasteiger partial charge in [-0.05, 0) is 43.0 Å². The van der Waals surface area contributed by atoms with Gasteiger partial charge in [-0.1, -0.05) is 42.5 Å². The van der Waals surface area contributed by atoms with Gasteiger partial charge in [-0.3, -0.25) is 0 Å². The summed E-state index contributed by atoms with van der Waals surface area (Å²) >= 11 is 0. The molecule has 0 amide bonds. The molecule has 4 N–H and O–H groups in total. The van der Waals surface area contributed by atoms with Gasteiger partial charge in [0.15, 0.2) is 0 Å². The van der Waals surface area contributed by atoms with E-state index in [9.17, 15) is 13.5 Å². The molecule has 5 nitrogen and oxygen atoms in total. The van der Waals surface area contributed by atoms with Crippen LogP contribution in [0.3, 0.4) is 0 Å². The van der Waals surface area contributed by atoms with E-state index in [1.165, 1.54) is 17.7 Å². The summed E-state index contributed by atoms with van der Waals surface area (Å²) in [5, 5.41) is 18.6. The molecule has 2 unspecified atom stereocenters. The van der Waals surface area contributed by atoms with Crippen molar-refractivity contribution in [2.24, 2.45) is 5.14 Å². The lowest BCUT2D eigenvalue weighted by Crippen LogP contribution is -2.30. The van der Waals surface area contributed by atoms with Crippen molar-refractivity contribution in [2.45, 2.75) is 36.8 Å². The van der Waals surface area contributed by atoms with Crippen LogP contribution in [0.2, 0.25) is 0 Å². The van der Waals surface area contributed by atoms with E-state index in [1.807, 2.05) is 18.2 Å². The molecule has 0 aliphatic heterocycles. The molecule has 24 heavy (non-hydrogen) atoms. The highest BCUT2D eigenvalue weighted by molar-refractivity contribution is 7.89. The van der Waals surface area contributed by atoms with Gasteiger partial charge in [-0.2, -0.15) is 0 Å². The van der Waals surface area contributed by atoms with Crippen LogP contribution >= 0.6 is 0 Å². The van der Waals surface area contributed by atoms with Crippen molar-refractivity contribution in [3.8, 4) is 0 Å². The van der Waals surface area contributed by atoms with Crippen molar-refractivity contribution < 1.29 is 13.5 Å². The van der Waals surface area contributed by atoms with Gasteiger partial charge in [0.1, 0.15) is 0 Å². The molecule has 0 saturated heterocycles. The first-order valence-corrected chi connectivity index (χ1v) is 9.49. The van der Waals surface area contributed by atoms with E-state index < -0.39 is 16.1 Å². The third-order valence-corrected chi connectivity index (χ3v) is 4.85. The molecule has 2 aromatic carbocycles. The molecule has 0 radical (unpaired) electrons. The number of hydrogen-bond donors (Lipinski definition) is 3. The highest BCUT2D eigenvalue weighted by Crippen LogP contribution is 2.16. The second kappa shape index (κ2) is 8.39. The lowest BCUT2D eigenvalue weighted by molar-refractivity contribution is 0.170. The second-order valence-corrected chi connectivity index (χ2v) is 7.53. The maximum Gasteiger partial charge on any atom is 0.238 e. The highest BCUT2D eigenvalue weighted by atomic mass is 32.2. The van der Waals surface area contributed by atoms with Crippen molar-refractivity contribution in [2.75, 3.05) is 6.54 Å². The average Bonchev–Trinajstić information content (AvgIpc) is 2.58. The lowest BCUT2D eigenvalue weighted by Gasteiger charge is -2.18. The smallest absolute Gasteiger partial charge is 0.238 e. The summed E-state index contributed by atoms with van der Waals surface area (Å²) in [7, 11) is -3.76. The van der Waals surface area contributed by atoms with Crippen molar-refractivity contribution in [3.05, 3.63) is 65.7 Å². The number of sulfonamides is 1. The number of rotatable bonds is 8. The number of primary sulfonamides is 1. The Labute approximate surface area is 143 Å². The van der Waals surface area contributed by atoms with E-state index >= 15 is 0 Å². The number of hydrogen-bond acceptors (Lipinski definition) is 4. The van der Waals surface area contributed by atoms with E-state index in [4.69, 9.17) is 5.14 Å². The normalized spacial score (nSPS) is 14.3. The largest absolute Gasteiger partial charge is 0.387 e. The third kappa shape index (κ3) is 5.72. The molecular formula is C18H24N2O3S. The molecule has 130 valence electrons. The molecular weight excluding hydrogens is 324 g/mol. The molecule has 2 atom stereocenters. The first kappa shape index (κ1) is 18.6. The summed E-state index contributed by atoms with van der Waals surface area (Å²) in [6.45, 7) is 2.42. The fourth-order valence-electron chi connectivity index (χ4n) is 2.46. The minimum atomic E-state index is -3.76. The molecule has 6 heteroatoms. The standard InChI is InChI=1S/C18H24N2O3S/c1-14(10-11-15-6-3-2-4-7-15)20-13-18(21)16-8-5-9-17(12-16)24(19,22)23/h2-9,12,14,18,20-21H,10-11,13H2,1H3,(H2,19,22,23). The van der Waals surface area contributed by atoms with Crippen molar-refractivity contribution in [1.82, 2.24) is 5.32 Å². The molecule has 0 bridgehead atoms. The molecule has 2 aromatic rings. The number of aliphatic hydroxyl groups is 1. The maximum absolute atomic E-state index is 11.4. The molecule has 0 aliphatic carbocycles. The molecule has 2 rings (SSSR count). The van der Waals surface area contributed by atoms with Gasteiger partial charge >= 0.3 is 0 Å². The first-order chi connectivity index (χ1) is 11.4. The minimum absolute atomic E-state index is 0.0103. The number of benzene rings is 2. The van der Waals surface area contributed by atoms with Crippen LogP contribution in [-0.2, 0) is 16.4 Å². The summed E-state index contributed by atoms with van der Waals surface area (Å²) in [5.41, 5.74) is 1.82. The monoisotopic (exact) mass is 348 g/mol. The quantitative estimate of drug-likeness (QED) is 0.680. The summed E-state index contributed by atoms with van der Waals surface area (Å²) in [4.78, 5) is 0.0103. The number of aliphatic hydroxyl groups excluding tert-OH is 1. The van der Waals surface area contributed by atoms with Crippen LogP contribution in [0.1, 0.15) is 30.6 Å². The zero-order valence-corrected chi connectivity index (χ0v) is 14.5. The summed E-state index contributed by atoms with van der Waals surface area (Å²) < 4.78 is 22.7. The number of nitrogens with two attached hydrogens (primary N) is 1. The fraction of sp³-hybridized carbons (Fsp3) is 0.333. The Morgan fingerprint density at radius 1 is 1.12 bits per heavy atom. The maximum atomic E-state index is 11.4. The van der Waals surface area contributed by atoms with E-state index in [1.54, 1.807) is 12.1 Å². The van der Waals surface area contributed by atoms with Crippen molar-refractivity contribution in [3.63, 3.8) is 0 Å². The summed E-state index contributed by atoms with van der Waals surface area (Å²) in [6, 6.07) is 16.6. The molecule has 0 heterocycles. The van der Waals surface area contributed by atoms with Gasteiger partial charge in [0.25, 0.3) is 0 Å². The van der Waals surface area contributed by atoms with E-state index in [0.29, 0.717) is 12.1 Å². The Morgan fingerprint density at radius 2 is 1.83 bits per heavy atom. The highest BCUT2D eigenvalue weighted by Gasteiger charge is 2.13. The topological polar surface area (TPSA) is 92.4 Å². The van der Waals surface area contributed by atoms with Crippen LogP contribution < -0.4 is 10.5 Å². The number of aryl methyl sites for hydroxylation is 1. The van der Waals surface area contributed by atoms with Gasteiger partial charge in [-0.25, -0.2) is 13.6 Å². The molecule has 0 spiro atoms. The van der Waals surface area contributed by atoms with Crippen LogP contribution in [0.15, 0.2) is 59.5 Å². The van der Waals surface area contributed by atoms with Crippen LogP contribution in [0.5, 0.6) is 0 Å². The Hall–Kier alpha value is -1.73. The van der Waals surface area contributed by atoms with Crippen LogP contribution in [-0.4, -0.2) is 26.1 Å². The lowest BCUT2D eigenvalue weighted by atomic mass is 10.1. The predicted octanol–water partition coefficient (Wildman–Crippen LogP) is 1.98. The van der Waals surface area contributed by atoms with Gasteiger partial charge < -0.3 is 10.4 Å². The summed E-state index contributed by atoms with van der Waals surface area (Å²) in [6.07, 6.45) is 1.13. The van der Waals surface area contributed by atoms with Gasteiger partial charge in [0, 0.05) is 12.6 Å². The molecule has 0 saturated carbocycles. The summed E-state index contributed by atoms with van der Waals surface area (Å²) in [5.74, 6) is 0. The second-order valence-electron chi connectivity index (χ2n) is 5.97. The fourth-order valence-corrected chi connectivity index (χ4v) is 3.03. The Balaban J connectivity index is 1.85. The Morgan fingerprint density at radius 3 is 2.50 bits per heavy atom. The van der Waals surface area contributed by atoms with E-state index in [0.717, 1.165) is 12.8 Å². The first-order valence-electron chi connectivity index (χ1n) is 7.94. The minimum Gasteiger partial charge on any atom is -0.387 e. The number of nitrogens with one attached hydrogen (secondary N) is 1. The van der Waals surface area contributed by atoms with Crippen LogP contribution in [0.4, 0.5) is 0 Å². The third-order valence-electron chi connectivity index (χ3n) is 3.94. The zero-order valence-electron chi connectivity index (χ0n) is 13.7. The van der Waals surface area contributed by atoms with Gasteiger partial charge in [-0.15, -0.1) is 0 Å². The van der Waals surface area contributed by atoms with Gasteiger partial charge in [0.05, 0.1) is 11.0 Å². The molecule has 0 fully saturated rings. The Kier molecular flexibility index (Phi) is 6.51. The predicted molar refractivity (Wildman–Crippen MR) is 95.0 cm³/mol. The van der Waals surface area contributed by atoms with Crippen LogP contribution in [0.25, 0.3) is 0 Å². The average molecular weight is 348 g/mol. The SMILES string of the molecule is CC(CCc1ccccc1)NCC(O)c1cccc(S(N)(=O)=O)c1. The van der Waals surface area contributed by atoms with E-state index in [-0.39, 0.29) is 10.9 Å². The van der Waals surface area contributed by atoms with Crippen molar-refractivity contribution in [1.29, 1.82) is 0 Å². The van der Waals surface area contributed by atoms with Crippen molar-refractivity contribution >= 4 is 10.0 Å². The molecule has 0 aliphatic rings. The van der Waals surface area contributed by atoms with Crippen LogP contribution in [0, 0.1) is 0 Å². The van der Waals surface area contributed by atoms with E-state index in [2.05, 4.69) is 24.4 Å². The molecule has 0 aromatic heterocycles.